The Labute approximate surface area is 162 Å². The first kappa shape index (κ1) is 17.5. The molecule has 0 aliphatic heterocycles. The third kappa shape index (κ3) is 3.79. The van der Waals surface area contributed by atoms with Crippen molar-refractivity contribution >= 4 is 62.9 Å². The number of rotatable bonds is 9. The van der Waals surface area contributed by atoms with Gasteiger partial charge in [0.1, 0.15) is 0 Å². The van der Waals surface area contributed by atoms with Gasteiger partial charge in [0.2, 0.25) is 0 Å². The monoisotopic (exact) mass is 386 g/mol. The summed E-state index contributed by atoms with van der Waals surface area (Å²) in [5, 5.41) is 1.44. The average molecular weight is 387 g/mol. The number of thiophene rings is 3. The van der Waals surface area contributed by atoms with Gasteiger partial charge in [0.05, 0.1) is 14.1 Å². The molecule has 0 saturated carbocycles. The summed E-state index contributed by atoms with van der Waals surface area (Å²) in [6.07, 6.45) is 12.5. The van der Waals surface area contributed by atoms with Crippen LogP contribution in [0, 0.1) is 0 Å². The van der Waals surface area contributed by atoms with Crippen LogP contribution < -0.4 is 0 Å². The molecule has 4 aromatic rings. The molecule has 3 heteroatoms. The van der Waals surface area contributed by atoms with Crippen molar-refractivity contribution in [3.05, 3.63) is 35.2 Å². The van der Waals surface area contributed by atoms with Gasteiger partial charge in [-0.05, 0) is 25.0 Å². The third-order valence-electron chi connectivity index (χ3n) is 4.99. The molecular formula is C22H26S3. The molecule has 132 valence electrons. The summed E-state index contributed by atoms with van der Waals surface area (Å²) in [6, 6.07) is 11.3. The van der Waals surface area contributed by atoms with Crippen LogP contribution >= 0.6 is 34.0 Å². The van der Waals surface area contributed by atoms with E-state index < -0.39 is 0 Å². The maximum absolute atomic E-state index is 2.47. The van der Waals surface area contributed by atoms with E-state index in [1.54, 1.807) is 4.88 Å². The van der Waals surface area contributed by atoms with Crippen LogP contribution in [0.25, 0.3) is 28.9 Å². The first-order valence-corrected chi connectivity index (χ1v) is 12.1. The number of aryl methyl sites for hydroxylation is 1. The third-order valence-corrected chi connectivity index (χ3v) is 8.95. The lowest BCUT2D eigenvalue weighted by Gasteiger charge is -2.00. The van der Waals surface area contributed by atoms with Gasteiger partial charge in [0.15, 0.2) is 0 Å². The molecule has 4 rings (SSSR count). The van der Waals surface area contributed by atoms with Crippen LogP contribution in [0.5, 0.6) is 0 Å². The second-order valence-corrected chi connectivity index (χ2v) is 10.2. The van der Waals surface area contributed by atoms with E-state index >= 15 is 0 Å². The summed E-state index contributed by atoms with van der Waals surface area (Å²) in [5.74, 6) is 0. The first-order chi connectivity index (χ1) is 12.4. The minimum Gasteiger partial charge on any atom is -0.138 e. The highest BCUT2D eigenvalue weighted by Crippen LogP contribution is 2.47. The van der Waals surface area contributed by atoms with Crippen LogP contribution in [0.15, 0.2) is 30.3 Å². The molecule has 0 aliphatic rings. The molecule has 0 atom stereocenters. The Kier molecular flexibility index (Phi) is 5.74. The molecule has 0 spiro atoms. The highest BCUT2D eigenvalue weighted by Gasteiger charge is 2.14. The predicted octanol–water partition coefficient (Wildman–Crippen LogP) is 9.01. The molecule has 0 radical (unpaired) electrons. The van der Waals surface area contributed by atoms with E-state index in [4.69, 9.17) is 0 Å². The van der Waals surface area contributed by atoms with Crippen LogP contribution in [0.1, 0.15) is 63.2 Å². The summed E-state index contributed by atoms with van der Waals surface area (Å²) in [4.78, 5) is 1.59. The highest BCUT2D eigenvalue weighted by atomic mass is 32.1. The van der Waals surface area contributed by atoms with E-state index in [1.165, 1.54) is 86.7 Å². The number of benzene rings is 1. The van der Waals surface area contributed by atoms with Crippen LogP contribution in [-0.2, 0) is 6.42 Å². The van der Waals surface area contributed by atoms with Gasteiger partial charge in [-0.25, -0.2) is 0 Å². The normalized spacial score (nSPS) is 12.0. The molecule has 0 nitrogen and oxygen atoms in total. The summed E-state index contributed by atoms with van der Waals surface area (Å²) in [5.41, 5.74) is 0. The second kappa shape index (κ2) is 8.20. The largest absolute Gasteiger partial charge is 0.138 e. The van der Waals surface area contributed by atoms with E-state index in [9.17, 15) is 0 Å². The van der Waals surface area contributed by atoms with E-state index in [0.29, 0.717) is 0 Å². The molecule has 0 fully saturated rings. The first-order valence-electron chi connectivity index (χ1n) is 9.69. The minimum absolute atomic E-state index is 1.27. The zero-order valence-corrected chi connectivity index (χ0v) is 17.4. The number of fused-ring (bicyclic) bond motifs is 5. The lowest BCUT2D eigenvalue weighted by molar-refractivity contribution is 0.576. The molecule has 0 aliphatic carbocycles. The van der Waals surface area contributed by atoms with Gasteiger partial charge in [0.25, 0.3) is 0 Å². The van der Waals surface area contributed by atoms with E-state index in [0.717, 1.165) is 0 Å². The zero-order valence-electron chi connectivity index (χ0n) is 15.0. The van der Waals surface area contributed by atoms with Gasteiger partial charge in [-0.1, -0.05) is 70.1 Å². The fourth-order valence-electron chi connectivity index (χ4n) is 3.60. The van der Waals surface area contributed by atoms with Crippen molar-refractivity contribution in [3.8, 4) is 0 Å². The quantitative estimate of drug-likeness (QED) is 0.252. The van der Waals surface area contributed by atoms with Gasteiger partial charge in [-0.2, -0.15) is 0 Å². The Morgan fingerprint density at radius 3 is 2.24 bits per heavy atom. The maximum Gasteiger partial charge on any atom is 0.0642 e. The fourth-order valence-corrected chi connectivity index (χ4v) is 7.80. The van der Waals surface area contributed by atoms with Crippen LogP contribution in [0.3, 0.4) is 0 Å². The topological polar surface area (TPSA) is 0 Å². The van der Waals surface area contributed by atoms with Gasteiger partial charge in [-0.3, -0.25) is 0 Å². The summed E-state index contributed by atoms with van der Waals surface area (Å²) < 4.78 is 7.50. The lowest BCUT2D eigenvalue weighted by Crippen LogP contribution is -1.83. The molecule has 25 heavy (non-hydrogen) atoms. The molecule has 3 heterocycles. The molecule has 3 aromatic heterocycles. The molecule has 1 aromatic carbocycles. The average Bonchev–Trinajstić information content (AvgIpc) is 3.27. The maximum atomic E-state index is 2.47. The summed E-state index contributed by atoms with van der Waals surface area (Å²) >= 11 is 6.01. The standard InChI is InChI=1S/C22H26S3/c1-2-3-4-5-6-7-8-9-12-16-15-19-21(23-16)22-20(25-19)17-13-10-11-14-18(17)24-22/h10-11,13-15H,2-9,12H2,1H3. The number of hydrogen-bond donors (Lipinski definition) is 0. The Hall–Kier alpha value is -0.900. The molecule has 0 saturated heterocycles. The van der Waals surface area contributed by atoms with E-state index in [2.05, 4.69) is 37.3 Å². The number of hydrogen-bond acceptors (Lipinski definition) is 3. The molecule has 0 N–H and O–H groups in total. The Balaban J connectivity index is 1.37. The van der Waals surface area contributed by atoms with Crippen molar-refractivity contribution in [2.24, 2.45) is 0 Å². The molecule has 0 bridgehead atoms. The van der Waals surface area contributed by atoms with Gasteiger partial charge < -0.3 is 0 Å². The molecular weight excluding hydrogens is 360 g/mol. The van der Waals surface area contributed by atoms with Crippen molar-refractivity contribution in [1.82, 2.24) is 0 Å². The SMILES string of the molecule is CCCCCCCCCCc1cc2sc3c4ccccc4sc3c2s1. The Bertz CT molecular complexity index is 954. The predicted molar refractivity (Wildman–Crippen MR) is 119 cm³/mol. The van der Waals surface area contributed by atoms with Crippen molar-refractivity contribution in [2.75, 3.05) is 0 Å². The van der Waals surface area contributed by atoms with E-state index in [1.807, 2.05) is 34.0 Å². The van der Waals surface area contributed by atoms with Crippen molar-refractivity contribution in [2.45, 2.75) is 64.7 Å². The lowest BCUT2D eigenvalue weighted by atomic mass is 10.1. The van der Waals surface area contributed by atoms with Crippen LogP contribution in [0.4, 0.5) is 0 Å². The highest BCUT2D eigenvalue weighted by molar-refractivity contribution is 7.41. The van der Waals surface area contributed by atoms with Crippen molar-refractivity contribution < 1.29 is 0 Å². The van der Waals surface area contributed by atoms with Crippen LogP contribution in [0.2, 0.25) is 0 Å². The summed E-state index contributed by atoms with van der Waals surface area (Å²) in [7, 11) is 0. The van der Waals surface area contributed by atoms with E-state index in [-0.39, 0.29) is 0 Å². The molecule has 0 unspecified atom stereocenters. The van der Waals surface area contributed by atoms with Crippen molar-refractivity contribution in [3.63, 3.8) is 0 Å². The van der Waals surface area contributed by atoms with Crippen molar-refractivity contribution in [1.29, 1.82) is 0 Å². The van der Waals surface area contributed by atoms with Gasteiger partial charge in [0, 0.05) is 19.7 Å². The zero-order chi connectivity index (χ0) is 17.1. The number of unbranched alkanes of at least 4 members (excludes halogenated alkanes) is 7. The summed E-state index contributed by atoms with van der Waals surface area (Å²) in [6.45, 7) is 2.29. The van der Waals surface area contributed by atoms with Gasteiger partial charge >= 0.3 is 0 Å². The fraction of sp³-hybridized carbons (Fsp3) is 0.455. The Morgan fingerprint density at radius 2 is 1.40 bits per heavy atom. The molecule has 0 amide bonds. The van der Waals surface area contributed by atoms with Gasteiger partial charge in [-0.15, -0.1) is 34.0 Å². The Morgan fingerprint density at radius 1 is 0.680 bits per heavy atom. The smallest absolute Gasteiger partial charge is 0.0642 e. The second-order valence-electron chi connectivity index (χ2n) is 6.99. The van der Waals surface area contributed by atoms with Crippen LogP contribution in [-0.4, -0.2) is 0 Å². The minimum atomic E-state index is 1.27.